The molecule has 18 heavy (non-hydrogen) atoms. The van der Waals surface area contributed by atoms with Crippen LogP contribution in [-0.4, -0.2) is 19.0 Å². The fourth-order valence-corrected chi connectivity index (χ4v) is 1.90. The van der Waals surface area contributed by atoms with Gasteiger partial charge in [-0.2, -0.15) is 13.2 Å². The molecule has 1 saturated heterocycles. The second-order valence-electron chi connectivity index (χ2n) is 4.26. The highest BCUT2D eigenvalue weighted by Crippen LogP contribution is 2.30. The zero-order chi connectivity index (χ0) is 13.2. The summed E-state index contributed by atoms with van der Waals surface area (Å²) in [6, 6.07) is 4.66. The van der Waals surface area contributed by atoms with Gasteiger partial charge in [0, 0.05) is 12.2 Å². The van der Waals surface area contributed by atoms with Gasteiger partial charge >= 0.3 is 6.18 Å². The molecular formula is C12H13F3N2O. The highest BCUT2D eigenvalue weighted by atomic mass is 19.4. The van der Waals surface area contributed by atoms with Crippen LogP contribution < -0.4 is 10.6 Å². The molecule has 1 heterocycles. The number of halogens is 3. The van der Waals surface area contributed by atoms with Gasteiger partial charge in [-0.25, -0.2) is 0 Å². The summed E-state index contributed by atoms with van der Waals surface area (Å²) in [5.74, 6) is -0.404. The summed E-state index contributed by atoms with van der Waals surface area (Å²) in [4.78, 5) is 11.7. The number of hydrogen-bond donors (Lipinski definition) is 2. The lowest BCUT2D eigenvalue weighted by molar-refractivity contribution is -0.137. The summed E-state index contributed by atoms with van der Waals surface area (Å²) in [5, 5.41) is 5.55. The molecule has 0 radical (unpaired) electrons. The number of rotatable bonds is 2. The molecule has 0 spiro atoms. The Morgan fingerprint density at radius 2 is 2.17 bits per heavy atom. The van der Waals surface area contributed by atoms with E-state index in [-0.39, 0.29) is 17.5 Å². The average Bonchev–Trinajstić information content (AvgIpc) is 2.81. The van der Waals surface area contributed by atoms with Gasteiger partial charge in [0.1, 0.15) is 0 Å². The molecule has 1 aliphatic rings. The van der Waals surface area contributed by atoms with Crippen LogP contribution in [0.25, 0.3) is 0 Å². The molecule has 0 saturated carbocycles. The topological polar surface area (TPSA) is 41.1 Å². The van der Waals surface area contributed by atoms with E-state index >= 15 is 0 Å². The third-order valence-corrected chi connectivity index (χ3v) is 2.89. The molecule has 6 heteroatoms. The summed E-state index contributed by atoms with van der Waals surface area (Å²) in [6.45, 7) is 1.34. The lowest BCUT2D eigenvalue weighted by atomic mass is 10.1. The van der Waals surface area contributed by atoms with Crippen LogP contribution in [0.5, 0.6) is 0 Å². The van der Waals surface area contributed by atoms with Gasteiger partial charge in [-0.05, 0) is 31.2 Å². The predicted octanol–water partition coefficient (Wildman–Crippen LogP) is 2.25. The molecule has 1 atom stereocenters. The molecule has 1 aromatic rings. The normalized spacial score (nSPS) is 19.8. The van der Waals surface area contributed by atoms with Gasteiger partial charge in [-0.15, -0.1) is 0 Å². The first-order valence-corrected chi connectivity index (χ1v) is 5.65. The minimum atomic E-state index is -4.39. The minimum Gasteiger partial charge on any atom is -0.326 e. The van der Waals surface area contributed by atoms with Gasteiger partial charge in [-0.1, -0.05) is 6.07 Å². The number of alkyl halides is 3. The maximum absolute atomic E-state index is 12.5. The number of carbonyl (C=O) groups excluding carboxylic acids is 1. The van der Waals surface area contributed by atoms with Crippen LogP contribution in [0.2, 0.25) is 0 Å². The number of carbonyl (C=O) groups is 1. The Morgan fingerprint density at radius 3 is 2.78 bits per heavy atom. The summed E-state index contributed by atoms with van der Waals surface area (Å²) in [5.41, 5.74) is -0.577. The Labute approximate surface area is 102 Å². The van der Waals surface area contributed by atoms with Crippen molar-refractivity contribution >= 4 is 11.6 Å². The summed E-state index contributed by atoms with van der Waals surface area (Å²) < 4.78 is 37.5. The Morgan fingerprint density at radius 1 is 1.39 bits per heavy atom. The van der Waals surface area contributed by atoms with E-state index in [9.17, 15) is 18.0 Å². The quantitative estimate of drug-likeness (QED) is 0.854. The molecule has 2 N–H and O–H groups in total. The molecule has 2 rings (SSSR count). The van der Waals surface area contributed by atoms with E-state index in [0.717, 1.165) is 18.7 Å². The summed E-state index contributed by atoms with van der Waals surface area (Å²) in [7, 11) is 0. The van der Waals surface area contributed by atoms with Crippen molar-refractivity contribution in [1.29, 1.82) is 0 Å². The number of anilines is 1. The van der Waals surface area contributed by atoms with E-state index in [4.69, 9.17) is 0 Å². The second kappa shape index (κ2) is 4.97. The van der Waals surface area contributed by atoms with Gasteiger partial charge in [0.2, 0.25) is 5.91 Å². The van der Waals surface area contributed by atoms with Gasteiger partial charge in [-0.3, -0.25) is 4.79 Å². The Hall–Kier alpha value is -1.56. The van der Waals surface area contributed by atoms with Crippen LogP contribution >= 0.6 is 0 Å². The first kappa shape index (κ1) is 12.9. The maximum atomic E-state index is 12.5. The number of nitrogens with one attached hydrogen (secondary N) is 2. The molecule has 1 amide bonds. The van der Waals surface area contributed by atoms with Crippen LogP contribution in [0, 0.1) is 5.92 Å². The fourth-order valence-electron chi connectivity index (χ4n) is 1.90. The molecule has 1 aliphatic heterocycles. The molecule has 1 unspecified atom stereocenters. The van der Waals surface area contributed by atoms with Crippen molar-refractivity contribution in [3.05, 3.63) is 29.8 Å². The van der Waals surface area contributed by atoms with Crippen LogP contribution in [0.4, 0.5) is 18.9 Å². The van der Waals surface area contributed by atoms with Crippen LogP contribution in [0.15, 0.2) is 24.3 Å². The zero-order valence-corrected chi connectivity index (χ0v) is 9.55. The molecule has 1 aromatic carbocycles. The Kier molecular flexibility index (Phi) is 3.56. The lowest BCUT2D eigenvalue weighted by Gasteiger charge is -2.12. The van der Waals surface area contributed by atoms with Gasteiger partial charge in [0.25, 0.3) is 0 Å². The first-order valence-electron chi connectivity index (χ1n) is 5.65. The molecule has 1 fully saturated rings. The van der Waals surface area contributed by atoms with Crippen molar-refractivity contribution in [3.8, 4) is 0 Å². The van der Waals surface area contributed by atoms with Crippen molar-refractivity contribution in [1.82, 2.24) is 5.32 Å². The van der Waals surface area contributed by atoms with Crippen molar-refractivity contribution in [2.75, 3.05) is 18.4 Å². The second-order valence-corrected chi connectivity index (χ2v) is 4.26. The molecular weight excluding hydrogens is 245 g/mol. The van der Waals surface area contributed by atoms with E-state index in [2.05, 4.69) is 10.6 Å². The van der Waals surface area contributed by atoms with E-state index in [1.54, 1.807) is 0 Å². The van der Waals surface area contributed by atoms with Crippen LogP contribution in [-0.2, 0) is 11.0 Å². The Bertz CT molecular complexity index is 439. The third kappa shape index (κ3) is 3.01. The standard InChI is InChI=1S/C12H13F3N2O/c13-12(14,15)9-2-1-3-10(6-9)17-11(18)8-4-5-16-7-8/h1-3,6,8,16H,4-5,7H2,(H,17,18). The predicted molar refractivity (Wildman–Crippen MR) is 61.1 cm³/mol. The van der Waals surface area contributed by atoms with Crippen molar-refractivity contribution in [2.24, 2.45) is 5.92 Å². The lowest BCUT2D eigenvalue weighted by Crippen LogP contribution is -2.24. The molecule has 3 nitrogen and oxygen atoms in total. The first-order chi connectivity index (χ1) is 8.47. The molecule has 0 bridgehead atoms. The minimum absolute atomic E-state index is 0.167. The van der Waals surface area contributed by atoms with Crippen molar-refractivity contribution < 1.29 is 18.0 Å². The van der Waals surface area contributed by atoms with E-state index in [1.807, 2.05) is 0 Å². The molecule has 0 aliphatic carbocycles. The average molecular weight is 258 g/mol. The smallest absolute Gasteiger partial charge is 0.326 e. The van der Waals surface area contributed by atoms with Gasteiger partial charge in [0.05, 0.1) is 11.5 Å². The number of benzene rings is 1. The highest BCUT2D eigenvalue weighted by molar-refractivity contribution is 5.93. The molecule has 98 valence electrons. The SMILES string of the molecule is O=C(Nc1cccc(C(F)(F)F)c1)C1CCNC1. The van der Waals surface area contributed by atoms with Gasteiger partial charge in [0.15, 0.2) is 0 Å². The number of amides is 1. The fraction of sp³-hybridized carbons (Fsp3) is 0.417. The van der Waals surface area contributed by atoms with Gasteiger partial charge < -0.3 is 10.6 Å². The van der Waals surface area contributed by atoms with E-state index < -0.39 is 11.7 Å². The zero-order valence-electron chi connectivity index (χ0n) is 9.55. The third-order valence-electron chi connectivity index (χ3n) is 2.89. The maximum Gasteiger partial charge on any atom is 0.416 e. The van der Waals surface area contributed by atoms with Crippen LogP contribution in [0.1, 0.15) is 12.0 Å². The summed E-state index contributed by atoms with van der Waals surface area (Å²) >= 11 is 0. The molecule has 0 aromatic heterocycles. The van der Waals surface area contributed by atoms with Crippen molar-refractivity contribution in [2.45, 2.75) is 12.6 Å². The largest absolute Gasteiger partial charge is 0.416 e. The monoisotopic (exact) mass is 258 g/mol. The van der Waals surface area contributed by atoms with Crippen LogP contribution in [0.3, 0.4) is 0 Å². The number of hydrogen-bond acceptors (Lipinski definition) is 2. The van der Waals surface area contributed by atoms with Crippen molar-refractivity contribution in [3.63, 3.8) is 0 Å². The van der Waals surface area contributed by atoms with E-state index in [0.29, 0.717) is 13.0 Å². The summed E-state index contributed by atoms with van der Waals surface area (Å²) in [6.07, 6.45) is -3.68. The van der Waals surface area contributed by atoms with E-state index in [1.165, 1.54) is 12.1 Å². The highest BCUT2D eigenvalue weighted by Gasteiger charge is 2.30. The Balaban J connectivity index is 2.07.